The minimum atomic E-state index is -0.154. The van der Waals surface area contributed by atoms with Crippen LogP contribution < -0.4 is 5.32 Å². The van der Waals surface area contributed by atoms with Crippen LogP contribution in [-0.2, 0) is 9.53 Å². The lowest BCUT2D eigenvalue weighted by Gasteiger charge is -2.40. The number of amides is 1. The van der Waals surface area contributed by atoms with Crippen LogP contribution in [0.5, 0.6) is 0 Å². The van der Waals surface area contributed by atoms with Gasteiger partial charge in [-0.2, -0.15) is 5.10 Å². The van der Waals surface area contributed by atoms with E-state index < -0.39 is 0 Å². The number of anilines is 1. The van der Waals surface area contributed by atoms with Crippen molar-refractivity contribution in [3.63, 3.8) is 0 Å². The molecule has 1 fully saturated rings. The van der Waals surface area contributed by atoms with E-state index in [0.717, 1.165) is 13.1 Å². The SMILES string of the molecule is CC1CN(C(C(=O)Nc2cn[nH]c2)C(C)C)CC(C)O1. The first-order chi connectivity index (χ1) is 9.47. The van der Waals surface area contributed by atoms with E-state index in [-0.39, 0.29) is 30.1 Å². The summed E-state index contributed by atoms with van der Waals surface area (Å²) in [7, 11) is 0. The van der Waals surface area contributed by atoms with E-state index >= 15 is 0 Å². The summed E-state index contributed by atoms with van der Waals surface area (Å²) < 4.78 is 5.74. The van der Waals surface area contributed by atoms with Crippen LogP contribution in [0.25, 0.3) is 0 Å². The summed E-state index contributed by atoms with van der Waals surface area (Å²) in [4.78, 5) is 14.8. The molecule has 0 bridgehead atoms. The van der Waals surface area contributed by atoms with Crippen LogP contribution in [0.2, 0.25) is 0 Å². The Morgan fingerprint density at radius 2 is 2.10 bits per heavy atom. The highest BCUT2D eigenvalue weighted by atomic mass is 16.5. The Balaban J connectivity index is 2.07. The standard InChI is InChI=1S/C14H24N4O2/c1-9(2)13(14(19)17-12-5-15-16-6-12)18-7-10(3)20-11(4)8-18/h5-6,9-11,13H,7-8H2,1-4H3,(H,15,16)(H,17,19). The largest absolute Gasteiger partial charge is 0.373 e. The molecule has 1 aliphatic rings. The molecule has 20 heavy (non-hydrogen) atoms. The highest BCUT2D eigenvalue weighted by Gasteiger charge is 2.34. The van der Waals surface area contributed by atoms with E-state index in [1.165, 1.54) is 0 Å². The van der Waals surface area contributed by atoms with Gasteiger partial charge in [0.2, 0.25) is 5.91 Å². The molecule has 112 valence electrons. The normalized spacial score (nSPS) is 25.6. The van der Waals surface area contributed by atoms with Crippen LogP contribution in [0.1, 0.15) is 27.7 Å². The highest BCUT2D eigenvalue weighted by molar-refractivity contribution is 5.94. The summed E-state index contributed by atoms with van der Waals surface area (Å²) in [6.07, 6.45) is 3.60. The third-order valence-electron chi connectivity index (χ3n) is 3.51. The van der Waals surface area contributed by atoms with Gasteiger partial charge in [0, 0.05) is 19.3 Å². The van der Waals surface area contributed by atoms with Crippen molar-refractivity contribution < 1.29 is 9.53 Å². The maximum absolute atomic E-state index is 12.5. The van der Waals surface area contributed by atoms with Gasteiger partial charge in [0.15, 0.2) is 0 Å². The molecular formula is C14H24N4O2. The van der Waals surface area contributed by atoms with Gasteiger partial charge in [-0.05, 0) is 19.8 Å². The fraction of sp³-hybridized carbons (Fsp3) is 0.714. The Hall–Kier alpha value is -1.40. The monoisotopic (exact) mass is 280 g/mol. The van der Waals surface area contributed by atoms with Crippen LogP contribution in [-0.4, -0.2) is 52.3 Å². The number of nitrogens with one attached hydrogen (secondary N) is 2. The van der Waals surface area contributed by atoms with Crippen molar-refractivity contribution in [3.05, 3.63) is 12.4 Å². The van der Waals surface area contributed by atoms with Gasteiger partial charge in [0.05, 0.1) is 30.1 Å². The molecule has 0 spiro atoms. The summed E-state index contributed by atoms with van der Waals surface area (Å²) in [5.74, 6) is 0.252. The average molecular weight is 280 g/mol. The van der Waals surface area contributed by atoms with E-state index in [0.29, 0.717) is 5.69 Å². The molecule has 6 heteroatoms. The number of aromatic amines is 1. The molecule has 1 aromatic heterocycles. The Labute approximate surface area is 119 Å². The summed E-state index contributed by atoms with van der Waals surface area (Å²) >= 11 is 0. The third kappa shape index (κ3) is 3.58. The second-order valence-corrected chi connectivity index (χ2v) is 5.88. The molecule has 6 nitrogen and oxygen atoms in total. The van der Waals surface area contributed by atoms with E-state index in [1.807, 2.05) is 13.8 Å². The van der Waals surface area contributed by atoms with E-state index in [2.05, 4.69) is 34.3 Å². The molecular weight excluding hydrogens is 256 g/mol. The lowest BCUT2D eigenvalue weighted by Crippen LogP contribution is -2.55. The van der Waals surface area contributed by atoms with Gasteiger partial charge < -0.3 is 10.1 Å². The predicted octanol–water partition coefficient (Wildman–Crippen LogP) is 1.48. The van der Waals surface area contributed by atoms with Gasteiger partial charge in [-0.3, -0.25) is 14.8 Å². The van der Waals surface area contributed by atoms with Crippen molar-refractivity contribution in [1.29, 1.82) is 0 Å². The maximum Gasteiger partial charge on any atom is 0.242 e. The van der Waals surface area contributed by atoms with Crippen LogP contribution in [0.3, 0.4) is 0 Å². The fourth-order valence-electron chi connectivity index (χ4n) is 2.87. The van der Waals surface area contributed by atoms with Gasteiger partial charge in [-0.15, -0.1) is 0 Å². The Kier molecular flexibility index (Phi) is 4.77. The quantitative estimate of drug-likeness (QED) is 0.876. The minimum Gasteiger partial charge on any atom is -0.373 e. The molecule has 2 N–H and O–H groups in total. The van der Waals surface area contributed by atoms with Gasteiger partial charge in [0.1, 0.15) is 0 Å². The first-order valence-corrected chi connectivity index (χ1v) is 7.16. The van der Waals surface area contributed by atoms with Gasteiger partial charge in [-0.1, -0.05) is 13.8 Å². The van der Waals surface area contributed by atoms with Crippen molar-refractivity contribution in [2.75, 3.05) is 18.4 Å². The maximum atomic E-state index is 12.5. The van der Waals surface area contributed by atoms with Crippen molar-refractivity contribution in [2.45, 2.75) is 45.9 Å². The highest BCUT2D eigenvalue weighted by Crippen LogP contribution is 2.19. The summed E-state index contributed by atoms with van der Waals surface area (Å²) in [6.45, 7) is 9.81. The second kappa shape index (κ2) is 6.37. The fourth-order valence-corrected chi connectivity index (χ4v) is 2.87. The minimum absolute atomic E-state index is 0.0164. The van der Waals surface area contributed by atoms with E-state index in [9.17, 15) is 4.79 Å². The zero-order valence-corrected chi connectivity index (χ0v) is 12.6. The van der Waals surface area contributed by atoms with E-state index in [1.54, 1.807) is 12.4 Å². The Morgan fingerprint density at radius 3 is 2.60 bits per heavy atom. The molecule has 0 aromatic carbocycles. The van der Waals surface area contributed by atoms with Crippen LogP contribution in [0.15, 0.2) is 12.4 Å². The van der Waals surface area contributed by atoms with E-state index in [4.69, 9.17) is 4.74 Å². The molecule has 2 heterocycles. The molecule has 1 aliphatic heterocycles. The van der Waals surface area contributed by atoms with Crippen molar-refractivity contribution in [3.8, 4) is 0 Å². The molecule has 0 saturated carbocycles. The summed E-state index contributed by atoms with van der Waals surface area (Å²) in [5.41, 5.74) is 0.704. The number of carbonyl (C=O) groups excluding carboxylic acids is 1. The number of carbonyl (C=O) groups is 1. The molecule has 0 aliphatic carbocycles. The van der Waals surface area contributed by atoms with Crippen LogP contribution in [0, 0.1) is 5.92 Å². The lowest BCUT2D eigenvalue weighted by molar-refractivity contribution is -0.130. The van der Waals surface area contributed by atoms with Crippen molar-refractivity contribution in [1.82, 2.24) is 15.1 Å². The van der Waals surface area contributed by atoms with Crippen LogP contribution in [0.4, 0.5) is 5.69 Å². The first-order valence-electron chi connectivity index (χ1n) is 7.16. The smallest absolute Gasteiger partial charge is 0.242 e. The molecule has 0 radical (unpaired) electrons. The topological polar surface area (TPSA) is 70.2 Å². The van der Waals surface area contributed by atoms with Crippen molar-refractivity contribution in [2.24, 2.45) is 5.92 Å². The predicted molar refractivity (Wildman–Crippen MR) is 77.4 cm³/mol. The zero-order valence-electron chi connectivity index (χ0n) is 12.6. The molecule has 1 aromatic rings. The number of morpholine rings is 1. The molecule has 1 amide bonds. The van der Waals surface area contributed by atoms with Gasteiger partial charge in [-0.25, -0.2) is 0 Å². The Morgan fingerprint density at radius 1 is 1.45 bits per heavy atom. The molecule has 1 saturated heterocycles. The molecule has 2 rings (SSSR count). The lowest BCUT2D eigenvalue weighted by atomic mass is 9.99. The number of ether oxygens (including phenoxy) is 1. The summed E-state index contributed by atoms with van der Waals surface area (Å²) in [6, 6.07) is -0.154. The van der Waals surface area contributed by atoms with Crippen LogP contribution >= 0.6 is 0 Å². The third-order valence-corrected chi connectivity index (χ3v) is 3.51. The van der Waals surface area contributed by atoms with Gasteiger partial charge in [0.25, 0.3) is 0 Å². The molecule has 3 atom stereocenters. The van der Waals surface area contributed by atoms with Gasteiger partial charge >= 0.3 is 0 Å². The average Bonchev–Trinajstić information content (AvgIpc) is 2.79. The summed E-state index contributed by atoms with van der Waals surface area (Å²) in [5, 5.41) is 9.46. The Bertz CT molecular complexity index is 422. The number of hydrogen-bond donors (Lipinski definition) is 2. The second-order valence-electron chi connectivity index (χ2n) is 5.88. The number of H-pyrrole nitrogens is 1. The number of rotatable bonds is 4. The zero-order chi connectivity index (χ0) is 14.7. The first kappa shape index (κ1) is 15.0. The number of nitrogens with zero attached hydrogens (tertiary/aromatic N) is 2. The van der Waals surface area contributed by atoms with Crippen molar-refractivity contribution >= 4 is 11.6 Å². The molecule has 3 unspecified atom stereocenters. The number of hydrogen-bond acceptors (Lipinski definition) is 4. The number of aromatic nitrogens is 2.